The molecule has 0 aromatic heterocycles. The van der Waals surface area contributed by atoms with Gasteiger partial charge in [0, 0.05) is 12.2 Å². The van der Waals surface area contributed by atoms with Crippen LogP contribution >= 0.6 is 0 Å². The Hall–Kier alpha value is -2.00. The van der Waals surface area contributed by atoms with Gasteiger partial charge in [-0.3, -0.25) is 0 Å². The Kier molecular flexibility index (Phi) is 7.22. The van der Waals surface area contributed by atoms with Crippen molar-refractivity contribution in [2.45, 2.75) is 70.3 Å². The number of hydrogen-bond donors (Lipinski definition) is 0. The van der Waals surface area contributed by atoms with E-state index in [1.54, 1.807) is 6.08 Å². The first kappa shape index (κ1) is 22.2. The average Bonchev–Trinajstić information content (AvgIpc) is 2.78. The number of halogens is 2. The molecule has 0 heterocycles. The first-order chi connectivity index (χ1) is 15.1. The lowest BCUT2D eigenvalue weighted by Crippen LogP contribution is -2.33. The predicted molar refractivity (Wildman–Crippen MR) is 123 cm³/mol. The minimum atomic E-state index is -0.470. The molecule has 2 fully saturated rings. The van der Waals surface area contributed by atoms with Crippen LogP contribution in [0.1, 0.15) is 68.9 Å². The average molecular weight is 425 g/mol. The lowest BCUT2D eigenvalue weighted by atomic mass is 9.65. The van der Waals surface area contributed by atoms with Crippen LogP contribution in [0.5, 0.6) is 0 Å². The molecule has 2 aliphatic carbocycles. The van der Waals surface area contributed by atoms with Crippen LogP contribution < -0.4 is 0 Å². The van der Waals surface area contributed by atoms with E-state index in [2.05, 4.69) is 25.6 Å². The Bertz CT molecular complexity index is 865. The fourth-order valence-corrected chi connectivity index (χ4v) is 5.74. The second-order valence-electron chi connectivity index (χ2n) is 9.29. The molecule has 1 nitrogen and oxygen atoms in total. The highest BCUT2D eigenvalue weighted by molar-refractivity contribution is 5.64. The van der Waals surface area contributed by atoms with Crippen LogP contribution in [-0.2, 0) is 11.2 Å². The Labute approximate surface area is 185 Å². The Morgan fingerprint density at radius 3 is 2.29 bits per heavy atom. The van der Waals surface area contributed by atoms with Gasteiger partial charge in [0.25, 0.3) is 0 Å². The van der Waals surface area contributed by atoms with Gasteiger partial charge < -0.3 is 4.74 Å². The molecular weight excluding hydrogens is 390 g/mol. The maximum Gasteiger partial charge on any atom is 0.129 e. The molecule has 4 unspecified atom stereocenters. The van der Waals surface area contributed by atoms with E-state index >= 15 is 0 Å². The van der Waals surface area contributed by atoms with Gasteiger partial charge in [-0.2, -0.15) is 0 Å². The minimum absolute atomic E-state index is 0.149. The molecule has 0 amide bonds. The lowest BCUT2D eigenvalue weighted by Gasteiger charge is -2.42. The van der Waals surface area contributed by atoms with E-state index in [0.717, 1.165) is 24.0 Å². The van der Waals surface area contributed by atoms with Gasteiger partial charge in [0.2, 0.25) is 0 Å². The van der Waals surface area contributed by atoms with E-state index in [4.69, 9.17) is 4.74 Å². The third kappa shape index (κ3) is 5.09. The summed E-state index contributed by atoms with van der Waals surface area (Å²) in [6, 6.07) is 11.3. The monoisotopic (exact) mass is 424 g/mol. The highest BCUT2D eigenvalue weighted by atomic mass is 19.1. The van der Waals surface area contributed by atoms with Crippen LogP contribution in [0.4, 0.5) is 8.78 Å². The third-order valence-electron chi connectivity index (χ3n) is 7.42. The summed E-state index contributed by atoms with van der Waals surface area (Å²) in [6.07, 6.45) is 10.5. The largest absolute Gasteiger partial charge is 0.378 e. The van der Waals surface area contributed by atoms with Gasteiger partial charge in [0.1, 0.15) is 11.6 Å². The molecule has 0 saturated heterocycles. The van der Waals surface area contributed by atoms with Crippen LogP contribution in [0, 0.1) is 23.5 Å². The summed E-state index contributed by atoms with van der Waals surface area (Å²) >= 11 is 0. The molecule has 4 atom stereocenters. The van der Waals surface area contributed by atoms with Gasteiger partial charge >= 0.3 is 0 Å². The Balaban J connectivity index is 1.43. The van der Waals surface area contributed by atoms with E-state index in [9.17, 15) is 8.78 Å². The molecule has 166 valence electrons. The maximum atomic E-state index is 14.4. The van der Waals surface area contributed by atoms with Crippen molar-refractivity contribution in [2.24, 2.45) is 11.8 Å². The van der Waals surface area contributed by atoms with Gasteiger partial charge in [-0.1, -0.05) is 30.3 Å². The highest BCUT2D eigenvalue weighted by Gasteiger charge is 2.36. The molecule has 2 saturated carbocycles. The molecule has 31 heavy (non-hydrogen) atoms. The van der Waals surface area contributed by atoms with Gasteiger partial charge in [-0.15, -0.1) is 6.58 Å². The SMILES string of the molecule is C=CCCc1c(F)cc(-c2ccc(C3CCC4CC(OCC)CCC4C3)cc2)cc1F. The number of hydrogen-bond acceptors (Lipinski definition) is 1. The van der Waals surface area contributed by atoms with E-state index < -0.39 is 11.6 Å². The molecule has 2 aromatic carbocycles. The molecule has 0 N–H and O–H groups in total. The summed E-state index contributed by atoms with van der Waals surface area (Å²) in [6.45, 7) is 6.54. The van der Waals surface area contributed by atoms with Crippen LogP contribution in [0.3, 0.4) is 0 Å². The normalized spacial score (nSPS) is 25.8. The molecule has 0 aliphatic heterocycles. The number of ether oxygens (including phenoxy) is 1. The van der Waals surface area contributed by atoms with E-state index in [0.29, 0.717) is 30.4 Å². The minimum Gasteiger partial charge on any atom is -0.378 e. The topological polar surface area (TPSA) is 9.23 Å². The highest BCUT2D eigenvalue weighted by Crippen LogP contribution is 2.46. The molecule has 2 aliphatic rings. The van der Waals surface area contributed by atoms with Crippen molar-refractivity contribution in [3.63, 3.8) is 0 Å². The smallest absolute Gasteiger partial charge is 0.129 e. The zero-order valence-corrected chi connectivity index (χ0v) is 18.6. The maximum absolute atomic E-state index is 14.4. The van der Waals surface area contributed by atoms with Crippen LogP contribution in [0.15, 0.2) is 49.1 Å². The number of benzene rings is 2. The standard InChI is InChI=1S/C28H34F2O/c1-3-5-6-26-27(29)17-24(18-28(26)30)20-9-7-19(8-10-20)21-11-12-23-16-25(31-4-2)14-13-22(23)15-21/h3,7-10,17-18,21-23,25H,1,4-6,11-16H2,2H3. The Morgan fingerprint density at radius 1 is 0.935 bits per heavy atom. The predicted octanol–water partition coefficient (Wildman–Crippen LogP) is 7.84. The summed E-state index contributed by atoms with van der Waals surface area (Å²) in [5.41, 5.74) is 2.97. The Morgan fingerprint density at radius 2 is 1.61 bits per heavy atom. The fraction of sp³-hybridized carbons (Fsp3) is 0.500. The first-order valence-electron chi connectivity index (χ1n) is 11.9. The summed E-state index contributed by atoms with van der Waals surface area (Å²) in [5, 5.41) is 0. The van der Waals surface area contributed by atoms with Crippen LogP contribution in [0.25, 0.3) is 11.1 Å². The van der Waals surface area contributed by atoms with Crippen molar-refractivity contribution < 1.29 is 13.5 Å². The van der Waals surface area contributed by atoms with Crippen molar-refractivity contribution in [3.05, 3.63) is 71.8 Å². The van der Waals surface area contributed by atoms with Gasteiger partial charge in [-0.25, -0.2) is 8.78 Å². The second kappa shape index (κ2) is 10.1. The van der Waals surface area contributed by atoms with Crippen molar-refractivity contribution in [3.8, 4) is 11.1 Å². The van der Waals surface area contributed by atoms with Gasteiger partial charge in [-0.05, 0) is 105 Å². The number of fused-ring (bicyclic) bond motifs is 1. The third-order valence-corrected chi connectivity index (χ3v) is 7.42. The molecule has 3 heteroatoms. The number of rotatable bonds is 7. The van der Waals surface area contributed by atoms with Crippen molar-refractivity contribution >= 4 is 0 Å². The van der Waals surface area contributed by atoms with E-state index in [1.165, 1.54) is 56.2 Å². The molecule has 4 rings (SSSR count). The van der Waals surface area contributed by atoms with Crippen LogP contribution in [0.2, 0.25) is 0 Å². The van der Waals surface area contributed by atoms with Gasteiger partial charge in [0.05, 0.1) is 6.10 Å². The molecular formula is C28H34F2O. The zero-order chi connectivity index (χ0) is 21.8. The summed E-state index contributed by atoms with van der Waals surface area (Å²) in [7, 11) is 0. The van der Waals surface area contributed by atoms with Crippen molar-refractivity contribution in [1.82, 2.24) is 0 Å². The number of allylic oxidation sites excluding steroid dienone is 1. The summed E-state index contributed by atoms with van der Waals surface area (Å²) in [5.74, 6) is 1.27. The molecule has 2 aromatic rings. The van der Waals surface area contributed by atoms with Gasteiger partial charge in [0.15, 0.2) is 0 Å². The fourth-order valence-electron chi connectivity index (χ4n) is 5.74. The molecule has 0 radical (unpaired) electrons. The van der Waals surface area contributed by atoms with Crippen molar-refractivity contribution in [1.29, 1.82) is 0 Å². The van der Waals surface area contributed by atoms with Crippen LogP contribution in [-0.4, -0.2) is 12.7 Å². The second-order valence-corrected chi connectivity index (χ2v) is 9.29. The molecule has 0 spiro atoms. The first-order valence-corrected chi connectivity index (χ1v) is 11.9. The lowest BCUT2D eigenvalue weighted by molar-refractivity contribution is -0.00955. The van der Waals surface area contributed by atoms with Crippen molar-refractivity contribution in [2.75, 3.05) is 6.61 Å². The molecule has 0 bridgehead atoms. The summed E-state index contributed by atoms with van der Waals surface area (Å²) < 4.78 is 34.8. The van der Waals surface area contributed by atoms with E-state index in [-0.39, 0.29) is 5.56 Å². The quantitative estimate of drug-likeness (QED) is 0.411. The zero-order valence-electron chi connectivity index (χ0n) is 18.6. The summed E-state index contributed by atoms with van der Waals surface area (Å²) in [4.78, 5) is 0. The van der Waals surface area contributed by atoms with E-state index in [1.807, 2.05) is 12.1 Å².